The van der Waals surface area contributed by atoms with E-state index in [9.17, 15) is 9.90 Å². The van der Waals surface area contributed by atoms with Crippen LogP contribution >= 0.6 is 0 Å². The van der Waals surface area contributed by atoms with Crippen LogP contribution in [-0.4, -0.2) is 48.3 Å². The van der Waals surface area contributed by atoms with Crippen molar-refractivity contribution < 1.29 is 19.4 Å². The summed E-state index contributed by atoms with van der Waals surface area (Å²) in [6.45, 7) is 1.78. The van der Waals surface area contributed by atoms with Crippen molar-refractivity contribution in [3.8, 4) is 11.5 Å². The summed E-state index contributed by atoms with van der Waals surface area (Å²) in [5.41, 5.74) is 0.592. The van der Waals surface area contributed by atoms with Crippen molar-refractivity contribution in [3.63, 3.8) is 0 Å². The predicted octanol–water partition coefficient (Wildman–Crippen LogP) is 1.44. The molecule has 2 aliphatic heterocycles. The SMILES string of the molecule is O=C(c1ccc2c(c1)OCCO2)N1CCCCC1CO. The van der Waals surface area contributed by atoms with Gasteiger partial charge in [0.1, 0.15) is 13.2 Å². The maximum absolute atomic E-state index is 12.6. The van der Waals surface area contributed by atoms with Gasteiger partial charge in [0, 0.05) is 12.1 Å². The Kier molecular flexibility index (Phi) is 3.78. The molecule has 0 saturated carbocycles. The Morgan fingerprint density at radius 3 is 2.85 bits per heavy atom. The lowest BCUT2D eigenvalue weighted by Crippen LogP contribution is -2.45. The van der Waals surface area contributed by atoms with E-state index in [0.717, 1.165) is 19.3 Å². The molecule has 108 valence electrons. The van der Waals surface area contributed by atoms with Crippen molar-refractivity contribution >= 4 is 5.91 Å². The summed E-state index contributed by atoms with van der Waals surface area (Å²) < 4.78 is 11.0. The number of hydrogen-bond acceptors (Lipinski definition) is 4. The van der Waals surface area contributed by atoms with Gasteiger partial charge in [-0.1, -0.05) is 0 Å². The summed E-state index contributed by atoms with van der Waals surface area (Å²) in [5, 5.41) is 9.41. The summed E-state index contributed by atoms with van der Waals surface area (Å²) in [5.74, 6) is 1.27. The molecule has 2 heterocycles. The lowest BCUT2D eigenvalue weighted by atomic mass is 10.0. The van der Waals surface area contributed by atoms with Gasteiger partial charge in [-0.3, -0.25) is 4.79 Å². The van der Waals surface area contributed by atoms with Crippen LogP contribution < -0.4 is 9.47 Å². The minimum atomic E-state index is -0.0653. The third kappa shape index (κ3) is 2.45. The van der Waals surface area contributed by atoms with Crippen LogP contribution in [0.3, 0.4) is 0 Å². The molecule has 20 heavy (non-hydrogen) atoms. The first-order valence-corrected chi connectivity index (χ1v) is 7.11. The Labute approximate surface area is 118 Å². The number of rotatable bonds is 2. The van der Waals surface area contributed by atoms with Crippen molar-refractivity contribution in [2.24, 2.45) is 0 Å². The lowest BCUT2D eigenvalue weighted by Gasteiger charge is -2.34. The van der Waals surface area contributed by atoms with Crippen LogP contribution in [0.2, 0.25) is 0 Å². The number of likely N-dealkylation sites (tertiary alicyclic amines) is 1. The van der Waals surface area contributed by atoms with E-state index in [0.29, 0.717) is 36.8 Å². The molecule has 1 aromatic carbocycles. The second-order valence-electron chi connectivity index (χ2n) is 5.19. The van der Waals surface area contributed by atoms with E-state index in [2.05, 4.69) is 0 Å². The third-order valence-electron chi connectivity index (χ3n) is 3.89. The van der Waals surface area contributed by atoms with Crippen LogP contribution in [0.5, 0.6) is 11.5 Å². The molecule has 0 bridgehead atoms. The molecule has 0 aliphatic carbocycles. The average Bonchev–Trinajstić information content (AvgIpc) is 2.53. The molecule has 5 nitrogen and oxygen atoms in total. The summed E-state index contributed by atoms with van der Waals surface area (Å²) in [6.07, 6.45) is 2.93. The van der Waals surface area contributed by atoms with Gasteiger partial charge in [0.05, 0.1) is 12.6 Å². The number of benzene rings is 1. The second-order valence-corrected chi connectivity index (χ2v) is 5.19. The van der Waals surface area contributed by atoms with Crippen LogP contribution in [-0.2, 0) is 0 Å². The van der Waals surface area contributed by atoms with E-state index < -0.39 is 0 Å². The maximum atomic E-state index is 12.6. The van der Waals surface area contributed by atoms with E-state index in [1.54, 1.807) is 23.1 Å². The van der Waals surface area contributed by atoms with E-state index in [1.807, 2.05) is 0 Å². The first-order valence-electron chi connectivity index (χ1n) is 7.11. The van der Waals surface area contributed by atoms with Gasteiger partial charge in [-0.25, -0.2) is 0 Å². The molecule has 1 saturated heterocycles. The number of aliphatic hydroxyl groups is 1. The van der Waals surface area contributed by atoms with Crippen molar-refractivity contribution in [2.45, 2.75) is 25.3 Å². The number of nitrogens with zero attached hydrogens (tertiary/aromatic N) is 1. The zero-order valence-corrected chi connectivity index (χ0v) is 11.4. The Bertz CT molecular complexity index is 503. The Morgan fingerprint density at radius 2 is 2.05 bits per heavy atom. The predicted molar refractivity (Wildman–Crippen MR) is 73.2 cm³/mol. The quantitative estimate of drug-likeness (QED) is 0.888. The summed E-state index contributed by atoms with van der Waals surface area (Å²) in [4.78, 5) is 14.3. The van der Waals surface area contributed by atoms with E-state index in [-0.39, 0.29) is 18.6 Å². The van der Waals surface area contributed by atoms with Crippen LogP contribution in [0.1, 0.15) is 29.6 Å². The molecule has 0 radical (unpaired) electrons. The lowest BCUT2D eigenvalue weighted by molar-refractivity contribution is 0.0502. The van der Waals surface area contributed by atoms with Crippen LogP contribution in [0.25, 0.3) is 0 Å². The Morgan fingerprint density at radius 1 is 1.25 bits per heavy atom. The highest BCUT2D eigenvalue weighted by Gasteiger charge is 2.27. The molecular weight excluding hydrogens is 258 g/mol. The minimum absolute atomic E-state index is 0.0241. The molecule has 3 rings (SSSR count). The maximum Gasteiger partial charge on any atom is 0.254 e. The highest BCUT2D eigenvalue weighted by atomic mass is 16.6. The first kappa shape index (κ1) is 13.2. The second kappa shape index (κ2) is 5.71. The number of aliphatic hydroxyl groups excluding tert-OH is 1. The number of amides is 1. The van der Waals surface area contributed by atoms with Gasteiger partial charge >= 0.3 is 0 Å². The number of ether oxygens (including phenoxy) is 2. The van der Waals surface area contributed by atoms with E-state index in [4.69, 9.17) is 9.47 Å². The zero-order chi connectivity index (χ0) is 13.9. The van der Waals surface area contributed by atoms with Gasteiger partial charge in [-0.2, -0.15) is 0 Å². The number of hydrogen-bond donors (Lipinski definition) is 1. The summed E-state index contributed by atoms with van der Waals surface area (Å²) in [7, 11) is 0. The molecule has 1 atom stereocenters. The largest absolute Gasteiger partial charge is 0.486 e. The number of carbonyl (C=O) groups is 1. The van der Waals surface area contributed by atoms with E-state index in [1.165, 1.54) is 0 Å². The molecule has 1 N–H and O–H groups in total. The fourth-order valence-corrected chi connectivity index (χ4v) is 2.80. The van der Waals surface area contributed by atoms with Crippen molar-refractivity contribution in [1.29, 1.82) is 0 Å². The van der Waals surface area contributed by atoms with Gasteiger partial charge in [0.2, 0.25) is 0 Å². The highest BCUT2D eigenvalue weighted by molar-refractivity contribution is 5.95. The topological polar surface area (TPSA) is 59.0 Å². The van der Waals surface area contributed by atoms with Crippen molar-refractivity contribution in [2.75, 3.05) is 26.4 Å². The van der Waals surface area contributed by atoms with Gasteiger partial charge in [-0.15, -0.1) is 0 Å². The Balaban J connectivity index is 1.82. The molecule has 2 aliphatic rings. The molecule has 0 spiro atoms. The standard InChI is InChI=1S/C15H19NO4/c17-10-12-3-1-2-6-16(12)15(18)11-4-5-13-14(9-11)20-8-7-19-13/h4-5,9,12,17H,1-3,6-8,10H2. The average molecular weight is 277 g/mol. The first-order chi connectivity index (χ1) is 9.79. The molecule has 0 aromatic heterocycles. The fourth-order valence-electron chi connectivity index (χ4n) is 2.80. The minimum Gasteiger partial charge on any atom is -0.486 e. The summed E-state index contributed by atoms with van der Waals surface area (Å²) in [6, 6.07) is 5.21. The van der Waals surface area contributed by atoms with Crippen molar-refractivity contribution in [1.82, 2.24) is 4.90 Å². The molecule has 5 heteroatoms. The molecule has 1 unspecified atom stereocenters. The molecular formula is C15H19NO4. The highest BCUT2D eigenvalue weighted by Crippen LogP contribution is 2.31. The number of fused-ring (bicyclic) bond motifs is 1. The molecule has 1 amide bonds. The van der Waals surface area contributed by atoms with Crippen molar-refractivity contribution in [3.05, 3.63) is 23.8 Å². The fraction of sp³-hybridized carbons (Fsp3) is 0.533. The smallest absolute Gasteiger partial charge is 0.254 e. The number of piperidine rings is 1. The molecule has 1 fully saturated rings. The third-order valence-corrected chi connectivity index (χ3v) is 3.89. The zero-order valence-electron chi connectivity index (χ0n) is 11.4. The Hall–Kier alpha value is -1.75. The summed E-state index contributed by atoms with van der Waals surface area (Å²) >= 11 is 0. The molecule has 1 aromatic rings. The van der Waals surface area contributed by atoms with Crippen LogP contribution in [0, 0.1) is 0 Å². The normalized spacial score (nSPS) is 21.6. The van der Waals surface area contributed by atoms with Gasteiger partial charge in [0.25, 0.3) is 5.91 Å². The van der Waals surface area contributed by atoms with Gasteiger partial charge in [-0.05, 0) is 37.5 Å². The number of carbonyl (C=O) groups excluding carboxylic acids is 1. The van der Waals surface area contributed by atoms with Crippen LogP contribution in [0.4, 0.5) is 0 Å². The monoisotopic (exact) mass is 277 g/mol. The van der Waals surface area contributed by atoms with Gasteiger partial charge in [0.15, 0.2) is 11.5 Å². The van der Waals surface area contributed by atoms with Crippen LogP contribution in [0.15, 0.2) is 18.2 Å². The van der Waals surface area contributed by atoms with E-state index >= 15 is 0 Å². The van der Waals surface area contributed by atoms with Gasteiger partial charge < -0.3 is 19.5 Å².